The molecule has 52 valence electrons. The average molecular weight is 129 g/mol. The Labute approximate surface area is 54.2 Å². The summed E-state index contributed by atoms with van der Waals surface area (Å²) in [7, 11) is 0. The first-order valence-electron chi connectivity index (χ1n) is 3.13. The van der Waals surface area contributed by atoms with Crippen molar-refractivity contribution >= 4 is 5.97 Å². The zero-order chi connectivity index (χ0) is 6.85. The molecule has 0 aliphatic heterocycles. The van der Waals surface area contributed by atoms with Crippen molar-refractivity contribution in [2.75, 3.05) is 0 Å². The topological polar surface area (TPSA) is 52.3 Å². The summed E-state index contributed by atoms with van der Waals surface area (Å²) in [5.41, 5.74) is 5.49. The van der Waals surface area contributed by atoms with Crippen molar-refractivity contribution < 1.29 is 9.53 Å². The van der Waals surface area contributed by atoms with Crippen molar-refractivity contribution in [3.8, 4) is 0 Å². The summed E-state index contributed by atoms with van der Waals surface area (Å²) in [6.45, 7) is 1.41. The number of hydrogen-bond donors (Lipinski definition) is 1. The van der Waals surface area contributed by atoms with Gasteiger partial charge in [-0.15, -0.1) is 0 Å². The fourth-order valence-corrected chi connectivity index (χ4v) is 0.855. The number of esters is 1. The summed E-state index contributed by atoms with van der Waals surface area (Å²) in [4.78, 5) is 10.3. The molecule has 1 saturated carbocycles. The number of carbonyl (C=O) groups is 1. The summed E-state index contributed by atoms with van der Waals surface area (Å²) in [5, 5.41) is 0. The largest absolute Gasteiger partial charge is 0.461 e. The van der Waals surface area contributed by atoms with E-state index in [0.29, 0.717) is 0 Å². The monoisotopic (exact) mass is 129 g/mol. The minimum absolute atomic E-state index is 0.00231. The van der Waals surface area contributed by atoms with E-state index in [1.807, 2.05) is 0 Å². The van der Waals surface area contributed by atoms with Gasteiger partial charge >= 0.3 is 5.97 Å². The highest BCUT2D eigenvalue weighted by atomic mass is 16.5. The lowest BCUT2D eigenvalue weighted by molar-refractivity contribution is -0.151. The molecule has 0 saturated heterocycles. The van der Waals surface area contributed by atoms with Crippen LogP contribution < -0.4 is 5.73 Å². The molecule has 0 radical (unpaired) electrons. The molecule has 0 aromatic carbocycles. The smallest absolute Gasteiger partial charge is 0.302 e. The summed E-state index contributed by atoms with van der Waals surface area (Å²) in [5.74, 6) is -0.227. The first kappa shape index (κ1) is 6.55. The molecule has 1 fully saturated rings. The molecular formula is C6H11NO2. The second-order valence-electron chi connectivity index (χ2n) is 2.39. The molecule has 2 atom stereocenters. The van der Waals surface area contributed by atoms with Gasteiger partial charge in [0.05, 0.1) is 0 Å². The molecular weight excluding hydrogens is 118 g/mol. The second kappa shape index (κ2) is 2.35. The molecule has 2 N–H and O–H groups in total. The summed E-state index contributed by atoms with van der Waals surface area (Å²) in [6, 6.07) is 0.0916. The Balaban J connectivity index is 2.21. The molecule has 1 aliphatic carbocycles. The van der Waals surface area contributed by atoms with Crippen LogP contribution >= 0.6 is 0 Å². The molecule has 3 heteroatoms. The Kier molecular flexibility index (Phi) is 1.71. The highest BCUT2D eigenvalue weighted by Gasteiger charge is 2.29. The lowest BCUT2D eigenvalue weighted by Crippen LogP contribution is -2.46. The van der Waals surface area contributed by atoms with Crippen LogP contribution in [0, 0.1) is 0 Å². The van der Waals surface area contributed by atoms with Crippen molar-refractivity contribution in [1.29, 1.82) is 0 Å². The van der Waals surface area contributed by atoms with Crippen LogP contribution in [0.4, 0.5) is 0 Å². The Morgan fingerprint density at radius 2 is 2.33 bits per heavy atom. The van der Waals surface area contributed by atoms with E-state index < -0.39 is 0 Å². The van der Waals surface area contributed by atoms with Crippen LogP contribution in [0.5, 0.6) is 0 Å². The van der Waals surface area contributed by atoms with Crippen LogP contribution in [0.3, 0.4) is 0 Å². The average Bonchev–Trinajstić information content (AvgIpc) is 1.79. The normalized spacial score (nSPS) is 33.1. The molecule has 0 aromatic heterocycles. The maximum atomic E-state index is 10.3. The van der Waals surface area contributed by atoms with Crippen molar-refractivity contribution in [3.05, 3.63) is 0 Å². The summed E-state index contributed by atoms with van der Waals surface area (Å²) in [6.07, 6.45) is 1.92. The van der Waals surface area contributed by atoms with Gasteiger partial charge in [-0.05, 0) is 12.8 Å². The number of carbonyl (C=O) groups excluding carboxylic acids is 1. The quantitative estimate of drug-likeness (QED) is 0.508. The third-order valence-electron chi connectivity index (χ3n) is 1.58. The Bertz CT molecular complexity index is 124. The summed E-state index contributed by atoms with van der Waals surface area (Å²) >= 11 is 0. The van der Waals surface area contributed by atoms with E-state index in [9.17, 15) is 4.79 Å². The van der Waals surface area contributed by atoms with Gasteiger partial charge in [0.1, 0.15) is 6.10 Å². The minimum Gasteiger partial charge on any atom is -0.461 e. The molecule has 0 aromatic rings. The van der Waals surface area contributed by atoms with Crippen LogP contribution in [0.2, 0.25) is 0 Å². The van der Waals surface area contributed by atoms with Gasteiger partial charge in [-0.3, -0.25) is 4.79 Å². The maximum absolute atomic E-state index is 10.3. The molecule has 9 heavy (non-hydrogen) atoms. The van der Waals surface area contributed by atoms with E-state index in [1.165, 1.54) is 6.92 Å². The Morgan fingerprint density at radius 1 is 1.67 bits per heavy atom. The molecule has 0 amide bonds. The van der Waals surface area contributed by atoms with E-state index in [0.717, 1.165) is 12.8 Å². The molecule has 2 unspecified atom stereocenters. The van der Waals surface area contributed by atoms with E-state index in [4.69, 9.17) is 10.5 Å². The lowest BCUT2D eigenvalue weighted by atomic mass is 9.90. The standard InChI is InChI=1S/C6H11NO2/c1-4(8)9-6-3-2-5(6)7/h5-6H,2-3,7H2,1H3. The van der Waals surface area contributed by atoms with E-state index in [1.54, 1.807) is 0 Å². The number of rotatable bonds is 1. The van der Waals surface area contributed by atoms with Gasteiger partial charge in [-0.1, -0.05) is 0 Å². The van der Waals surface area contributed by atoms with Gasteiger partial charge in [-0.25, -0.2) is 0 Å². The Hall–Kier alpha value is -0.570. The first-order chi connectivity index (χ1) is 4.20. The molecule has 0 bridgehead atoms. The molecule has 1 rings (SSSR count). The van der Waals surface area contributed by atoms with Crippen LogP contribution in [0.1, 0.15) is 19.8 Å². The number of nitrogens with two attached hydrogens (primary N) is 1. The third-order valence-corrected chi connectivity index (χ3v) is 1.58. The highest BCUT2D eigenvalue weighted by Crippen LogP contribution is 2.20. The van der Waals surface area contributed by atoms with Gasteiger partial charge in [0.15, 0.2) is 0 Å². The zero-order valence-corrected chi connectivity index (χ0v) is 5.46. The predicted molar refractivity (Wildman–Crippen MR) is 32.8 cm³/mol. The zero-order valence-electron chi connectivity index (χ0n) is 5.46. The molecule has 0 heterocycles. The van der Waals surface area contributed by atoms with Crippen molar-refractivity contribution in [2.24, 2.45) is 5.73 Å². The molecule has 1 aliphatic rings. The number of hydrogen-bond acceptors (Lipinski definition) is 3. The maximum Gasteiger partial charge on any atom is 0.302 e. The van der Waals surface area contributed by atoms with Gasteiger partial charge in [0.2, 0.25) is 0 Å². The second-order valence-corrected chi connectivity index (χ2v) is 2.39. The fourth-order valence-electron chi connectivity index (χ4n) is 0.855. The molecule has 0 spiro atoms. The fraction of sp³-hybridized carbons (Fsp3) is 0.833. The van der Waals surface area contributed by atoms with Crippen molar-refractivity contribution in [1.82, 2.24) is 0 Å². The van der Waals surface area contributed by atoms with E-state index in [2.05, 4.69) is 0 Å². The van der Waals surface area contributed by atoms with Crippen LogP contribution in [0.15, 0.2) is 0 Å². The van der Waals surface area contributed by atoms with Gasteiger partial charge < -0.3 is 10.5 Å². The van der Waals surface area contributed by atoms with Crippen LogP contribution in [-0.4, -0.2) is 18.1 Å². The third kappa shape index (κ3) is 1.42. The molecule has 3 nitrogen and oxygen atoms in total. The van der Waals surface area contributed by atoms with Crippen molar-refractivity contribution in [2.45, 2.75) is 31.9 Å². The van der Waals surface area contributed by atoms with Gasteiger partial charge in [0, 0.05) is 13.0 Å². The van der Waals surface area contributed by atoms with Gasteiger partial charge in [-0.2, -0.15) is 0 Å². The van der Waals surface area contributed by atoms with E-state index in [-0.39, 0.29) is 18.1 Å². The van der Waals surface area contributed by atoms with E-state index >= 15 is 0 Å². The predicted octanol–water partition coefficient (Wildman–Crippen LogP) is 0.0392. The first-order valence-corrected chi connectivity index (χ1v) is 3.13. The summed E-state index contributed by atoms with van der Waals surface area (Å²) < 4.78 is 4.83. The van der Waals surface area contributed by atoms with Crippen LogP contribution in [0.25, 0.3) is 0 Å². The number of ether oxygens (including phenoxy) is 1. The lowest BCUT2D eigenvalue weighted by Gasteiger charge is -2.32. The SMILES string of the molecule is CC(=O)OC1CCC1N. The van der Waals surface area contributed by atoms with Crippen molar-refractivity contribution in [3.63, 3.8) is 0 Å². The Morgan fingerprint density at radius 3 is 2.44 bits per heavy atom. The minimum atomic E-state index is -0.227. The van der Waals surface area contributed by atoms with Crippen LogP contribution in [-0.2, 0) is 9.53 Å². The highest BCUT2D eigenvalue weighted by molar-refractivity contribution is 5.66. The van der Waals surface area contributed by atoms with Gasteiger partial charge in [0.25, 0.3) is 0 Å².